The molecular weight excluding hydrogens is 234 g/mol. The van der Waals surface area contributed by atoms with Crippen molar-refractivity contribution in [2.24, 2.45) is 0 Å². The molecule has 0 amide bonds. The maximum absolute atomic E-state index is 4.49. The van der Waals surface area contributed by atoms with Crippen LogP contribution in [0, 0.1) is 0 Å². The Morgan fingerprint density at radius 2 is 2.21 bits per heavy atom. The van der Waals surface area contributed by atoms with E-state index >= 15 is 0 Å². The molecule has 0 spiro atoms. The van der Waals surface area contributed by atoms with Gasteiger partial charge in [-0.1, -0.05) is 19.9 Å². The largest absolute Gasteiger partial charge is 0.353 e. The monoisotopic (exact) mass is 261 g/mol. The third kappa shape index (κ3) is 5.03. The number of nitrogens with zero attached hydrogens (tertiary/aromatic N) is 2. The molecule has 1 heterocycles. The predicted molar refractivity (Wildman–Crippen MR) is 83.6 cm³/mol. The molecular formula is C16H27N3. The van der Waals surface area contributed by atoms with Gasteiger partial charge in [0.1, 0.15) is 5.82 Å². The van der Waals surface area contributed by atoms with Crippen LogP contribution in [0.5, 0.6) is 0 Å². The SMILES string of the molecule is C=CCN(CCC)c1cc(C(C)NCCC)ccn1. The van der Waals surface area contributed by atoms with Gasteiger partial charge in [-0.3, -0.25) is 0 Å². The van der Waals surface area contributed by atoms with Crippen molar-refractivity contribution in [3.8, 4) is 0 Å². The zero-order chi connectivity index (χ0) is 14.1. The van der Waals surface area contributed by atoms with E-state index in [1.165, 1.54) is 5.56 Å². The van der Waals surface area contributed by atoms with Crippen molar-refractivity contribution < 1.29 is 0 Å². The van der Waals surface area contributed by atoms with Crippen molar-refractivity contribution in [1.82, 2.24) is 10.3 Å². The van der Waals surface area contributed by atoms with E-state index in [1.807, 2.05) is 12.3 Å². The van der Waals surface area contributed by atoms with Crippen molar-refractivity contribution in [2.75, 3.05) is 24.5 Å². The minimum absolute atomic E-state index is 0.369. The number of hydrogen-bond donors (Lipinski definition) is 1. The van der Waals surface area contributed by atoms with Crippen LogP contribution >= 0.6 is 0 Å². The van der Waals surface area contributed by atoms with Gasteiger partial charge in [0.2, 0.25) is 0 Å². The lowest BCUT2D eigenvalue weighted by atomic mass is 10.1. The average Bonchev–Trinajstić information content (AvgIpc) is 2.44. The quantitative estimate of drug-likeness (QED) is 0.689. The summed E-state index contributed by atoms with van der Waals surface area (Å²) in [6.07, 6.45) is 6.10. The first-order valence-corrected chi connectivity index (χ1v) is 7.28. The summed E-state index contributed by atoms with van der Waals surface area (Å²) in [5.41, 5.74) is 1.30. The predicted octanol–water partition coefficient (Wildman–Crippen LogP) is 3.54. The fraction of sp³-hybridized carbons (Fsp3) is 0.562. The zero-order valence-electron chi connectivity index (χ0n) is 12.5. The lowest BCUT2D eigenvalue weighted by Crippen LogP contribution is -2.25. The molecule has 3 nitrogen and oxygen atoms in total. The Labute approximate surface area is 117 Å². The highest BCUT2D eigenvalue weighted by atomic mass is 15.2. The molecule has 106 valence electrons. The van der Waals surface area contributed by atoms with Crippen LogP contribution in [-0.2, 0) is 0 Å². The van der Waals surface area contributed by atoms with Crippen molar-refractivity contribution in [1.29, 1.82) is 0 Å². The first-order chi connectivity index (χ1) is 9.22. The molecule has 0 radical (unpaired) electrons. The van der Waals surface area contributed by atoms with Crippen LogP contribution < -0.4 is 10.2 Å². The Morgan fingerprint density at radius 1 is 1.42 bits per heavy atom. The van der Waals surface area contributed by atoms with Crippen LogP contribution in [0.4, 0.5) is 5.82 Å². The van der Waals surface area contributed by atoms with Crippen molar-refractivity contribution in [3.05, 3.63) is 36.5 Å². The molecule has 1 atom stereocenters. The summed E-state index contributed by atoms with van der Waals surface area (Å²) in [5.74, 6) is 1.05. The Morgan fingerprint density at radius 3 is 2.84 bits per heavy atom. The zero-order valence-corrected chi connectivity index (χ0v) is 12.5. The second kappa shape index (κ2) is 8.70. The van der Waals surface area contributed by atoms with Crippen molar-refractivity contribution >= 4 is 5.82 Å². The third-order valence-electron chi connectivity index (χ3n) is 3.14. The van der Waals surface area contributed by atoms with Gasteiger partial charge in [0, 0.05) is 25.3 Å². The standard InChI is InChI=1S/C16H27N3/c1-5-9-17-14(4)15-8-10-18-16(13-15)19(11-6-2)12-7-3/h6,8,10,13-14,17H,2,5,7,9,11-12H2,1,3-4H3. The molecule has 1 unspecified atom stereocenters. The van der Waals surface area contributed by atoms with E-state index < -0.39 is 0 Å². The number of anilines is 1. The van der Waals surface area contributed by atoms with E-state index in [-0.39, 0.29) is 0 Å². The van der Waals surface area contributed by atoms with Crippen molar-refractivity contribution in [3.63, 3.8) is 0 Å². The molecule has 1 aromatic rings. The molecule has 0 aliphatic carbocycles. The van der Waals surface area contributed by atoms with E-state index in [2.05, 4.69) is 54.7 Å². The van der Waals surface area contributed by atoms with E-state index in [0.29, 0.717) is 6.04 Å². The number of pyridine rings is 1. The number of hydrogen-bond acceptors (Lipinski definition) is 3. The smallest absolute Gasteiger partial charge is 0.129 e. The summed E-state index contributed by atoms with van der Waals surface area (Å²) < 4.78 is 0. The van der Waals surface area contributed by atoms with Crippen LogP contribution in [0.1, 0.15) is 45.2 Å². The molecule has 0 bridgehead atoms. The highest BCUT2D eigenvalue weighted by molar-refractivity contribution is 5.42. The molecule has 0 aromatic carbocycles. The highest BCUT2D eigenvalue weighted by Crippen LogP contribution is 2.18. The lowest BCUT2D eigenvalue weighted by molar-refractivity contribution is 0.570. The Bertz CT molecular complexity index is 376. The third-order valence-corrected chi connectivity index (χ3v) is 3.14. The van der Waals surface area contributed by atoms with E-state index in [1.54, 1.807) is 0 Å². The molecule has 0 saturated heterocycles. The van der Waals surface area contributed by atoms with Crippen LogP contribution in [-0.4, -0.2) is 24.6 Å². The lowest BCUT2D eigenvalue weighted by Gasteiger charge is -2.23. The van der Waals surface area contributed by atoms with Gasteiger partial charge in [-0.2, -0.15) is 0 Å². The Kier molecular flexibility index (Phi) is 7.19. The highest BCUT2D eigenvalue weighted by Gasteiger charge is 2.09. The van der Waals surface area contributed by atoms with Crippen LogP contribution in [0.25, 0.3) is 0 Å². The molecule has 1 N–H and O–H groups in total. The fourth-order valence-electron chi connectivity index (χ4n) is 2.08. The fourth-order valence-corrected chi connectivity index (χ4v) is 2.08. The molecule has 3 heteroatoms. The summed E-state index contributed by atoms with van der Waals surface area (Å²) in [7, 11) is 0. The van der Waals surface area contributed by atoms with E-state index in [4.69, 9.17) is 0 Å². The van der Waals surface area contributed by atoms with E-state index in [0.717, 1.165) is 38.3 Å². The van der Waals surface area contributed by atoms with Gasteiger partial charge in [-0.25, -0.2) is 4.98 Å². The van der Waals surface area contributed by atoms with Gasteiger partial charge in [0.15, 0.2) is 0 Å². The molecule has 1 rings (SSSR count). The molecule has 0 saturated carbocycles. The number of aromatic nitrogens is 1. The second-order valence-corrected chi connectivity index (χ2v) is 4.86. The first-order valence-electron chi connectivity index (χ1n) is 7.28. The van der Waals surface area contributed by atoms with Crippen LogP contribution in [0.2, 0.25) is 0 Å². The molecule has 1 aromatic heterocycles. The summed E-state index contributed by atoms with van der Waals surface area (Å²) >= 11 is 0. The van der Waals surface area contributed by atoms with Crippen molar-refractivity contribution in [2.45, 2.75) is 39.7 Å². The second-order valence-electron chi connectivity index (χ2n) is 4.86. The average molecular weight is 261 g/mol. The molecule has 0 aliphatic heterocycles. The minimum Gasteiger partial charge on any atom is -0.353 e. The number of nitrogens with one attached hydrogen (secondary N) is 1. The number of rotatable bonds is 9. The maximum Gasteiger partial charge on any atom is 0.129 e. The molecule has 0 aliphatic rings. The normalized spacial score (nSPS) is 12.2. The van der Waals surface area contributed by atoms with Gasteiger partial charge in [0.25, 0.3) is 0 Å². The summed E-state index contributed by atoms with van der Waals surface area (Å²) in [5, 5.41) is 3.51. The Balaban J connectivity index is 2.81. The van der Waals surface area contributed by atoms with Gasteiger partial charge in [-0.05, 0) is 44.0 Å². The molecule has 0 fully saturated rings. The summed E-state index contributed by atoms with van der Waals surface area (Å²) in [6, 6.07) is 4.65. The maximum atomic E-state index is 4.49. The summed E-state index contributed by atoms with van der Waals surface area (Å²) in [6.45, 7) is 13.3. The van der Waals surface area contributed by atoms with Gasteiger partial charge >= 0.3 is 0 Å². The Hall–Kier alpha value is -1.35. The van der Waals surface area contributed by atoms with E-state index in [9.17, 15) is 0 Å². The first kappa shape index (κ1) is 15.7. The topological polar surface area (TPSA) is 28.2 Å². The van der Waals surface area contributed by atoms with Crippen LogP contribution in [0.15, 0.2) is 31.0 Å². The molecule has 19 heavy (non-hydrogen) atoms. The van der Waals surface area contributed by atoms with Crippen LogP contribution in [0.3, 0.4) is 0 Å². The van der Waals surface area contributed by atoms with Gasteiger partial charge in [0.05, 0.1) is 0 Å². The minimum atomic E-state index is 0.369. The summed E-state index contributed by atoms with van der Waals surface area (Å²) in [4.78, 5) is 6.76. The van der Waals surface area contributed by atoms with Gasteiger partial charge in [-0.15, -0.1) is 6.58 Å². The van der Waals surface area contributed by atoms with Gasteiger partial charge < -0.3 is 10.2 Å².